The number of hydrogen-bond donors (Lipinski definition) is 1. The van der Waals surface area contributed by atoms with Gasteiger partial charge in [-0.3, -0.25) is 9.40 Å². The highest BCUT2D eigenvalue weighted by Gasteiger charge is 2.16. The van der Waals surface area contributed by atoms with Crippen molar-refractivity contribution in [2.75, 3.05) is 4.72 Å². The molecule has 0 atom stereocenters. The molecule has 96 valence electrons. The van der Waals surface area contributed by atoms with Crippen LogP contribution in [0, 0.1) is 0 Å². The van der Waals surface area contributed by atoms with E-state index in [9.17, 15) is 8.42 Å². The van der Waals surface area contributed by atoms with Gasteiger partial charge < -0.3 is 0 Å². The topological polar surface area (TPSA) is 64.0 Å². The Morgan fingerprint density at radius 2 is 1.83 bits per heavy atom. The van der Waals surface area contributed by atoms with E-state index in [-0.39, 0.29) is 20.8 Å². The van der Waals surface area contributed by atoms with Crippen LogP contribution >= 0.6 is 23.2 Å². The molecule has 0 aliphatic rings. The van der Waals surface area contributed by atoms with Gasteiger partial charge in [0.25, 0.3) is 10.0 Å². The molecule has 1 aromatic carbocycles. The average molecular weight is 306 g/mol. The maximum Gasteiger partial charge on any atom is 0.263 e. The van der Waals surface area contributed by atoms with E-state index < -0.39 is 10.0 Å². The van der Waals surface area contributed by atoms with E-state index in [0.717, 1.165) is 0 Å². The number of aryl methyl sites for hydroxylation is 1. The molecule has 0 bridgehead atoms. The van der Waals surface area contributed by atoms with Gasteiger partial charge >= 0.3 is 0 Å². The lowest BCUT2D eigenvalue weighted by Gasteiger charge is -2.06. The predicted molar refractivity (Wildman–Crippen MR) is 70.5 cm³/mol. The van der Waals surface area contributed by atoms with Gasteiger partial charge in [0.2, 0.25) is 0 Å². The van der Waals surface area contributed by atoms with E-state index in [1.165, 1.54) is 22.9 Å². The minimum absolute atomic E-state index is 0.00865. The first-order valence-corrected chi connectivity index (χ1v) is 7.09. The summed E-state index contributed by atoms with van der Waals surface area (Å²) in [4.78, 5) is -0.00865. The molecule has 5 nitrogen and oxygen atoms in total. The summed E-state index contributed by atoms with van der Waals surface area (Å²) in [5, 5.41) is 4.43. The number of hydrogen-bond acceptors (Lipinski definition) is 3. The second-order valence-corrected chi connectivity index (χ2v) is 6.14. The molecule has 0 saturated carbocycles. The Morgan fingerprint density at radius 3 is 2.33 bits per heavy atom. The molecular weight excluding hydrogens is 297 g/mol. The summed E-state index contributed by atoms with van der Waals surface area (Å²) in [7, 11) is -2.05. The third-order valence-electron chi connectivity index (χ3n) is 2.10. The van der Waals surface area contributed by atoms with Crippen LogP contribution in [0.4, 0.5) is 5.82 Å². The highest BCUT2D eigenvalue weighted by atomic mass is 35.5. The van der Waals surface area contributed by atoms with Crippen LogP contribution in [0.15, 0.2) is 35.4 Å². The molecule has 0 radical (unpaired) electrons. The van der Waals surface area contributed by atoms with Crippen molar-refractivity contribution in [1.29, 1.82) is 0 Å². The van der Waals surface area contributed by atoms with Crippen LogP contribution in [0.1, 0.15) is 0 Å². The van der Waals surface area contributed by atoms with Crippen molar-refractivity contribution in [2.45, 2.75) is 4.90 Å². The minimum Gasteiger partial charge on any atom is -0.274 e. The van der Waals surface area contributed by atoms with Crippen LogP contribution in [-0.2, 0) is 17.1 Å². The maximum atomic E-state index is 12.0. The lowest BCUT2D eigenvalue weighted by Crippen LogP contribution is -2.13. The Labute approximate surface area is 114 Å². The molecule has 8 heteroatoms. The van der Waals surface area contributed by atoms with Crippen molar-refractivity contribution >= 4 is 39.0 Å². The molecule has 0 aliphatic carbocycles. The van der Waals surface area contributed by atoms with Gasteiger partial charge in [0.1, 0.15) is 0 Å². The van der Waals surface area contributed by atoms with Crippen molar-refractivity contribution in [3.05, 3.63) is 40.5 Å². The Bertz CT molecular complexity index is 662. The fourth-order valence-electron chi connectivity index (χ4n) is 1.35. The summed E-state index contributed by atoms with van der Waals surface area (Å²) in [5.41, 5.74) is 0. The molecule has 0 unspecified atom stereocenters. The fraction of sp³-hybridized carbons (Fsp3) is 0.100. The first-order chi connectivity index (χ1) is 8.37. The van der Waals surface area contributed by atoms with Crippen LogP contribution in [0.3, 0.4) is 0 Å². The number of nitrogens with zero attached hydrogens (tertiary/aromatic N) is 2. The van der Waals surface area contributed by atoms with Crippen LogP contribution in [0.25, 0.3) is 0 Å². The second kappa shape index (κ2) is 4.79. The van der Waals surface area contributed by atoms with E-state index in [2.05, 4.69) is 9.82 Å². The average Bonchev–Trinajstić information content (AvgIpc) is 2.61. The Morgan fingerprint density at radius 1 is 1.22 bits per heavy atom. The number of sulfonamides is 1. The van der Waals surface area contributed by atoms with Crippen molar-refractivity contribution in [2.24, 2.45) is 7.05 Å². The zero-order chi connectivity index (χ0) is 13.3. The molecule has 0 aliphatic heterocycles. The summed E-state index contributed by atoms with van der Waals surface area (Å²) in [5.74, 6) is 0.230. The normalized spacial score (nSPS) is 11.5. The smallest absolute Gasteiger partial charge is 0.263 e. The largest absolute Gasteiger partial charge is 0.274 e. The number of anilines is 1. The van der Waals surface area contributed by atoms with Crippen LogP contribution < -0.4 is 4.72 Å². The number of aromatic nitrogens is 2. The Balaban J connectivity index is 2.36. The van der Waals surface area contributed by atoms with Gasteiger partial charge in [-0.1, -0.05) is 23.2 Å². The first kappa shape index (κ1) is 13.2. The molecule has 1 aromatic heterocycles. The SMILES string of the molecule is Cn1ccc(NS(=O)(=O)c2cc(Cl)cc(Cl)c2)n1. The fourth-order valence-corrected chi connectivity index (χ4v) is 3.07. The van der Waals surface area contributed by atoms with Gasteiger partial charge in [-0.25, -0.2) is 8.42 Å². The second-order valence-electron chi connectivity index (χ2n) is 3.59. The monoisotopic (exact) mass is 305 g/mol. The molecule has 2 rings (SSSR count). The molecule has 0 fully saturated rings. The first-order valence-electron chi connectivity index (χ1n) is 4.85. The van der Waals surface area contributed by atoms with Gasteiger partial charge in [0.15, 0.2) is 5.82 Å². The quantitative estimate of drug-likeness (QED) is 0.947. The molecule has 2 aromatic rings. The zero-order valence-corrected chi connectivity index (χ0v) is 11.6. The van der Waals surface area contributed by atoms with Crippen LogP contribution in [0.5, 0.6) is 0 Å². The van der Waals surface area contributed by atoms with Gasteiger partial charge in [-0.05, 0) is 18.2 Å². The maximum absolute atomic E-state index is 12.0. The van der Waals surface area contributed by atoms with E-state index in [4.69, 9.17) is 23.2 Å². The Hall–Kier alpha value is -1.24. The lowest BCUT2D eigenvalue weighted by atomic mass is 10.4. The third-order valence-corrected chi connectivity index (χ3v) is 3.87. The Kier molecular flexibility index (Phi) is 3.52. The van der Waals surface area contributed by atoms with Gasteiger partial charge in [0, 0.05) is 29.4 Å². The van der Waals surface area contributed by atoms with Gasteiger partial charge in [0.05, 0.1) is 4.90 Å². The standard InChI is InChI=1S/C10H9Cl2N3O2S/c1-15-3-2-10(13-15)14-18(16,17)9-5-7(11)4-8(12)6-9/h2-6H,1H3,(H,13,14). The van der Waals surface area contributed by atoms with Crippen molar-refractivity contribution in [1.82, 2.24) is 9.78 Å². The van der Waals surface area contributed by atoms with E-state index >= 15 is 0 Å². The number of rotatable bonds is 3. The summed E-state index contributed by atoms with van der Waals surface area (Å²) < 4.78 is 27.9. The molecular formula is C10H9Cl2N3O2S. The summed E-state index contributed by atoms with van der Waals surface area (Å²) >= 11 is 11.5. The zero-order valence-electron chi connectivity index (χ0n) is 9.26. The highest BCUT2D eigenvalue weighted by Crippen LogP contribution is 2.23. The molecule has 1 heterocycles. The van der Waals surface area contributed by atoms with Gasteiger partial charge in [-0.2, -0.15) is 5.10 Å². The molecule has 1 N–H and O–H groups in total. The molecule has 0 spiro atoms. The van der Waals surface area contributed by atoms with Crippen LogP contribution in [0.2, 0.25) is 10.0 Å². The molecule has 0 saturated heterocycles. The van der Waals surface area contributed by atoms with Crippen molar-refractivity contribution < 1.29 is 8.42 Å². The minimum atomic E-state index is -3.74. The van der Waals surface area contributed by atoms with Crippen LogP contribution in [-0.4, -0.2) is 18.2 Å². The molecule has 0 amide bonds. The number of halogens is 2. The number of nitrogens with one attached hydrogen (secondary N) is 1. The van der Waals surface area contributed by atoms with E-state index in [1.807, 2.05) is 0 Å². The predicted octanol–water partition coefficient (Wildman–Crippen LogP) is 2.53. The summed E-state index contributed by atoms with van der Waals surface area (Å²) in [6, 6.07) is 5.64. The summed E-state index contributed by atoms with van der Waals surface area (Å²) in [6.45, 7) is 0. The van der Waals surface area contributed by atoms with Crippen molar-refractivity contribution in [3.8, 4) is 0 Å². The highest BCUT2D eigenvalue weighted by molar-refractivity contribution is 7.92. The molecule has 18 heavy (non-hydrogen) atoms. The van der Waals surface area contributed by atoms with E-state index in [0.29, 0.717) is 0 Å². The van der Waals surface area contributed by atoms with Crippen molar-refractivity contribution in [3.63, 3.8) is 0 Å². The van der Waals surface area contributed by atoms with E-state index in [1.54, 1.807) is 19.3 Å². The summed E-state index contributed by atoms with van der Waals surface area (Å²) in [6.07, 6.45) is 1.63. The number of benzene rings is 1. The van der Waals surface area contributed by atoms with Gasteiger partial charge in [-0.15, -0.1) is 0 Å². The third kappa shape index (κ3) is 2.95. The lowest BCUT2D eigenvalue weighted by molar-refractivity contribution is 0.601.